The Morgan fingerprint density at radius 1 is 0.750 bits per heavy atom. The van der Waals surface area contributed by atoms with E-state index in [1.54, 1.807) is 30.9 Å². The molecule has 0 spiro atoms. The van der Waals surface area contributed by atoms with E-state index in [-0.39, 0.29) is 5.91 Å². The Hall–Kier alpha value is -3.86. The van der Waals surface area contributed by atoms with Crippen LogP contribution in [-0.4, -0.2) is 20.9 Å². The third-order valence-corrected chi connectivity index (χ3v) is 4.32. The number of hydrogen-bond acceptors (Lipinski definition) is 4. The van der Waals surface area contributed by atoms with Crippen LogP contribution in [0.4, 0.5) is 5.82 Å². The Kier molecular flexibility index (Phi) is 5.15. The van der Waals surface area contributed by atoms with Gasteiger partial charge in [-0.05, 0) is 28.8 Å². The largest absolute Gasteiger partial charge is 0.310 e. The second-order valence-electron chi connectivity index (χ2n) is 6.31. The second-order valence-corrected chi connectivity index (χ2v) is 6.31. The molecule has 28 heavy (non-hydrogen) atoms. The minimum atomic E-state index is -0.104. The predicted molar refractivity (Wildman–Crippen MR) is 109 cm³/mol. The summed E-state index contributed by atoms with van der Waals surface area (Å²) < 4.78 is 0. The molecule has 0 aliphatic carbocycles. The van der Waals surface area contributed by atoms with E-state index in [0.29, 0.717) is 12.2 Å². The zero-order chi connectivity index (χ0) is 19.2. The minimum absolute atomic E-state index is 0.104. The van der Waals surface area contributed by atoms with E-state index in [1.807, 2.05) is 48.5 Å². The number of carbonyl (C=O) groups is 1. The first kappa shape index (κ1) is 17.5. The molecule has 4 rings (SSSR count). The quantitative estimate of drug-likeness (QED) is 0.569. The first-order valence-electron chi connectivity index (χ1n) is 8.94. The number of benzene rings is 2. The van der Waals surface area contributed by atoms with Crippen molar-refractivity contribution in [1.29, 1.82) is 0 Å². The van der Waals surface area contributed by atoms with Crippen LogP contribution in [-0.2, 0) is 11.2 Å². The Labute approximate surface area is 163 Å². The van der Waals surface area contributed by atoms with Crippen molar-refractivity contribution >= 4 is 11.7 Å². The first-order valence-corrected chi connectivity index (χ1v) is 8.94. The van der Waals surface area contributed by atoms with Gasteiger partial charge in [0.05, 0.1) is 18.3 Å². The van der Waals surface area contributed by atoms with Gasteiger partial charge in [-0.2, -0.15) is 0 Å². The van der Waals surface area contributed by atoms with Crippen LogP contribution in [0.5, 0.6) is 0 Å². The van der Waals surface area contributed by atoms with Gasteiger partial charge in [-0.1, -0.05) is 54.6 Å². The van der Waals surface area contributed by atoms with E-state index in [0.717, 1.165) is 27.9 Å². The smallest absolute Gasteiger partial charge is 0.229 e. The summed E-state index contributed by atoms with van der Waals surface area (Å²) in [6.07, 6.45) is 6.90. The highest BCUT2D eigenvalue weighted by molar-refractivity contribution is 5.91. The van der Waals surface area contributed by atoms with Gasteiger partial charge in [-0.25, -0.2) is 4.98 Å². The molecule has 2 aromatic carbocycles. The van der Waals surface area contributed by atoms with Gasteiger partial charge < -0.3 is 5.32 Å². The molecule has 0 fully saturated rings. The number of carbonyl (C=O) groups excluding carboxylic acids is 1. The average Bonchev–Trinajstić information content (AvgIpc) is 2.76. The number of nitrogens with zero attached hydrogens (tertiary/aromatic N) is 3. The predicted octanol–water partition coefficient (Wildman–Crippen LogP) is 4.39. The molecule has 0 aliphatic rings. The topological polar surface area (TPSA) is 67.8 Å². The molecule has 2 aromatic heterocycles. The van der Waals surface area contributed by atoms with Crippen molar-refractivity contribution in [1.82, 2.24) is 15.0 Å². The van der Waals surface area contributed by atoms with Crippen molar-refractivity contribution in [3.63, 3.8) is 0 Å². The van der Waals surface area contributed by atoms with E-state index in [2.05, 4.69) is 32.4 Å². The minimum Gasteiger partial charge on any atom is -0.310 e. The average molecular weight is 366 g/mol. The SMILES string of the molecule is O=C(Cc1ccc(-c2ccccc2)cc1)Nc1ccc(-c2cnccn2)cn1. The normalized spacial score (nSPS) is 10.4. The first-order chi connectivity index (χ1) is 13.8. The van der Waals surface area contributed by atoms with Gasteiger partial charge in [0.2, 0.25) is 5.91 Å². The third kappa shape index (κ3) is 4.27. The van der Waals surface area contributed by atoms with Gasteiger partial charge >= 0.3 is 0 Å². The van der Waals surface area contributed by atoms with Crippen LogP contribution in [0.15, 0.2) is 91.5 Å². The van der Waals surface area contributed by atoms with Crippen molar-refractivity contribution in [2.75, 3.05) is 5.32 Å². The lowest BCUT2D eigenvalue weighted by Gasteiger charge is -2.07. The highest BCUT2D eigenvalue weighted by Gasteiger charge is 2.07. The maximum Gasteiger partial charge on any atom is 0.229 e. The van der Waals surface area contributed by atoms with Crippen LogP contribution >= 0.6 is 0 Å². The van der Waals surface area contributed by atoms with Crippen molar-refractivity contribution in [3.8, 4) is 22.4 Å². The number of rotatable bonds is 5. The summed E-state index contributed by atoms with van der Waals surface area (Å²) in [5.41, 5.74) is 4.83. The number of nitrogens with one attached hydrogen (secondary N) is 1. The molecule has 1 amide bonds. The third-order valence-electron chi connectivity index (χ3n) is 4.32. The van der Waals surface area contributed by atoms with Crippen molar-refractivity contribution in [2.24, 2.45) is 0 Å². The second kappa shape index (κ2) is 8.22. The Bertz CT molecular complexity index is 960. The molecule has 0 saturated heterocycles. The van der Waals surface area contributed by atoms with E-state index in [4.69, 9.17) is 0 Å². The van der Waals surface area contributed by atoms with Gasteiger partial charge in [0.1, 0.15) is 5.82 Å². The summed E-state index contributed by atoms with van der Waals surface area (Å²) >= 11 is 0. The molecule has 136 valence electrons. The zero-order valence-corrected chi connectivity index (χ0v) is 15.1. The number of hydrogen-bond donors (Lipinski definition) is 1. The van der Waals surface area contributed by atoms with Crippen molar-refractivity contribution in [3.05, 3.63) is 97.1 Å². The van der Waals surface area contributed by atoms with Gasteiger partial charge in [-0.15, -0.1) is 0 Å². The van der Waals surface area contributed by atoms with Crippen LogP contribution in [0.1, 0.15) is 5.56 Å². The molecule has 5 nitrogen and oxygen atoms in total. The Morgan fingerprint density at radius 2 is 1.50 bits per heavy atom. The molecule has 2 heterocycles. The van der Waals surface area contributed by atoms with Gasteiger partial charge in [0.25, 0.3) is 0 Å². The maximum atomic E-state index is 12.3. The Morgan fingerprint density at radius 3 is 2.18 bits per heavy atom. The molecule has 4 aromatic rings. The van der Waals surface area contributed by atoms with E-state index in [9.17, 15) is 4.79 Å². The zero-order valence-electron chi connectivity index (χ0n) is 15.1. The van der Waals surface area contributed by atoms with Crippen LogP contribution in [0, 0.1) is 0 Å². The summed E-state index contributed by atoms with van der Waals surface area (Å²) in [5.74, 6) is 0.408. The van der Waals surface area contributed by atoms with Crippen LogP contribution in [0.2, 0.25) is 0 Å². The highest BCUT2D eigenvalue weighted by atomic mass is 16.1. The maximum absolute atomic E-state index is 12.3. The lowest BCUT2D eigenvalue weighted by atomic mass is 10.0. The lowest BCUT2D eigenvalue weighted by molar-refractivity contribution is -0.115. The molecule has 1 N–H and O–H groups in total. The summed E-state index contributed by atoms with van der Waals surface area (Å²) in [7, 11) is 0. The van der Waals surface area contributed by atoms with E-state index < -0.39 is 0 Å². The molecular weight excluding hydrogens is 348 g/mol. The number of amides is 1. The fourth-order valence-corrected chi connectivity index (χ4v) is 2.89. The molecule has 0 aliphatic heterocycles. The summed E-state index contributed by atoms with van der Waals surface area (Å²) in [4.78, 5) is 24.9. The number of pyridine rings is 1. The van der Waals surface area contributed by atoms with E-state index in [1.165, 1.54) is 0 Å². The van der Waals surface area contributed by atoms with Crippen molar-refractivity contribution in [2.45, 2.75) is 6.42 Å². The monoisotopic (exact) mass is 366 g/mol. The molecule has 0 saturated carbocycles. The highest BCUT2D eigenvalue weighted by Crippen LogP contribution is 2.20. The van der Waals surface area contributed by atoms with Crippen LogP contribution in [0.25, 0.3) is 22.4 Å². The van der Waals surface area contributed by atoms with Crippen LogP contribution < -0.4 is 5.32 Å². The fourth-order valence-electron chi connectivity index (χ4n) is 2.89. The van der Waals surface area contributed by atoms with Gasteiger partial charge in [0, 0.05) is 24.2 Å². The fraction of sp³-hybridized carbons (Fsp3) is 0.0435. The molecule has 5 heteroatoms. The number of aromatic nitrogens is 3. The summed E-state index contributed by atoms with van der Waals surface area (Å²) in [5, 5.41) is 2.83. The summed E-state index contributed by atoms with van der Waals surface area (Å²) in [6.45, 7) is 0. The lowest BCUT2D eigenvalue weighted by Crippen LogP contribution is -2.15. The summed E-state index contributed by atoms with van der Waals surface area (Å²) in [6, 6.07) is 21.8. The Balaban J connectivity index is 1.38. The standard InChI is InChI=1S/C23H18N4O/c28-23(14-17-6-8-19(9-7-17)18-4-2-1-3-5-18)27-22-11-10-20(15-26-22)21-16-24-12-13-25-21/h1-13,15-16H,14H2,(H,26,27,28). The van der Waals surface area contributed by atoms with Gasteiger partial charge in [0.15, 0.2) is 0 Å². The molecule has 0 radical (unpaired) electrons. The molecule has 0 bridgehead atoms. The van der Waals surface area contributed by atoms with E-state index >= 15 is 0 Å². The molecule has 0 unspecified atom stereocenters. The molecule has 0 atom stereocenters. The van der Waals surface area contributed by atoms with Crippen LogP contribution in [0.3, 0.4) is 0 Å². The van der Waals surface area contributed by atoms with Gasteiger partial charge in [-0.3, -0.25) is 14.8 Å². The molecular formula is C23H18N4O. The number of anilines is 1. The van der Waals surface area contributed by atoms with Crippen molar-refractivity contribution < 1.29 is 4.79 Å².